The molecular weight excluding hydrogens is 240 g/mol. The van der Waals surface area contributed by atoms with Crippen molar-refractivity contribution < 1.29 is 9.53 Å². The van der Waals surface area contributed by atoms with E-state index in [1.807, 2.05) is 25.7 Å². The van der Waals surface area contributed by atoms with Crippen molar-refractivity contribution in [3.8, 4) is 0 Å². The predicted octanol–water partition coefficient (Wildman–Crippen LogP) is 2.78. The van der Waals surface area contributed by atoms with Crippen LogP contribution in [0.4, 0.5) is 4.79 Å². The molecule has 4 heteroatoms. The second-order valence-corrected chi connectivity index (χ2v) is 7.38. The lowest BCUT2D eigenvalue weighted by Gasteiger charge is -2.34. The van der Waals surface area contributed by atoms with Crippen LogP contribution in [0.25, 0.3) is 0 Å². The summed E-state index contributed by atoms with van der Waals surface area (Å²) in [5.74, 6) is 0.568. The van der Waals surface area contributed by atoms with Gasteiger partial charge in [0.1, 0.15) is 5.60 Å². The van der Waals surface area contributed by atoms with Crippen molar-refractivity contribution in [2.75, 3.05) is 19.6 Å². The largest absolute Gasteiger partial charge is 0.444 e. The number of nitrogens with one attached hydrogen (secondary N) is 1. The topological polar surface area (TPSA) is 41.6 Å². The lowest BCUT2D eigenvalue weighted by Crippen LogP contribution is -2.46. The molecule has 19 heavy (non-hydrogen) atoms. The molecular formula is C15H28N2O2. The van der Waals surface area contributed by atoms with Gasteiger partial charge in [-0.3, -0.25) is 0 Å². The van der Waals surface area contributed by atoms with Crippen LogP contribution in [0.1, 0.15) is 53.4 Å². The van der Waals surface area contributed by atoms with Gasteiger partial charge in [0, 0.05) is 25.2 Å². The molecule has 1 atom stereocenters. The Morgan fingerprint density at radius 2 is 2.11 bits per heavy atom. The van der Waals surface area contributed by atoms with Crippen molar-refractivity contribution in [3.05, 3.63) is 0 Å². The van der Waals surface area contributed by atoms with E-state index in [1.165, 1.54) is 19.3 Å². The van der Waals surface area contributed by atoms with Crippen LogP contribution in [0.2, 0.25) is 0 Å². The molecule has 0 aromatic rings. The van der Waals surface area contributed by atoms with Crippen LogP contribution in [0, 0.1) is 5.92 Å². The Morgan fingerprint density at radius 3 is 2.68 bits per heavy atom. The Morgan fingerprint density at radius 1 is 1.42 bits per heavy atom. The molecule has 0 aromatic heterocycles. The maximum absolute atomic E-state index is 12.1. The van der Waals surface area contributed by atoms with E-state index >= 15 is 0 Å². The number of amides is 1. The minimum atomic E-state index is -0.399. The molecule has 0 radical (unpaired) electrons. The molecule has 2 aliphatic rings. The normalized spacial score (nSPS) is 26.1. The third-order valence-electron chi connectivity index (χ3n) is 3.99. The monoisotopic (exact) mass is 268 g/mol. The molecule has 110 valence electrons. The summed E-state index contributed by atoms with van der Waals surface area (Å²) in [6, 6.07) is 0. The number of rotatable bonds is 3. The van der Waals surface area contributed by atoms with Gasteiger partial charge in [-0.15, -0.1) is 0 Å². The van der Waals surface area contributed by atoms with Crippen LogP contribution in [0.3, 0.4) is 0 Å². The Balaban J connectivity index is 1.77. The molecule has 2 fully saturated rings. The van der Waals surface area contributed by atoms with Crippen molar-refractivity contribution in [3.63, 3.8) is 0 Å². The second-order valence-electron chi connectivity index (χ2n) is 7.38. The van der Waals surface area contributed by atoms with Gasteiger partial charge in [-0.2, -0.15) is 0 Å². The van der Waals surface area contributed by atoms with Gasteiger partial charge in [-0.05, 0) is 59.3 Å². The van der Waals surface area contributed by atoms with E-state index in [4.69, 9.17) is 4.74 Å². The lowest BCUT2D eigenvalue weighted by molar-refractivity contribution is 0.0165. The molecule has 1 saturated heterocycles. The minimum absolute atomic E-state index is 0.158. The number of piperidine rings is 1. The average molecular weight is 268 g/mol. The highest BCUT2D eigenvalue weighted by atomic mass is 16.6. The molecule has 0 spiro atoms. The van der Waals surface area contributed by atoms with E-state index in [9.17, 15) is 4.79 Å². The molecule has 1 aliphatic heterocycles. The van der Waals surface area contributed by atoms with Crippen LogP contribution in [0.15, 0.2) is 0 Å². The first-order chi connectivity index (χ1) is 8.77. The van der Waals surface area contributed by atoms with Gasteiger partial charge in [0.25, 0.3) is 0 Å². The summed E-state index contributed by atoms with van der Waals surface area (Å²) in [6.45, 7) is 10.7. The predicted molar refractivity (Wildman–Crippen MR) is 76.2 cm³/mol. The van der Waals surface area contributed by atoms with Gasteiger partial charge in [0.15, 0.2) is 0 Å². The highest BCUT2D eigenvalue weighted by molar-refractivity contribution is 5.68. The highest BCUT2D eigenvalue weighted by Gasteiger charge is 2.37. The fraction of sp³-hybridized carbons (Fsp3) is 0.933. The zero-order valence-corrected chi connectivity index (χ0v) is 12.8. The number of hydrogen-bond acceptors (Lipinski definition) is 3. The van der Waals surface area contributed by atoms with E-state index in [0.717, 1.165) is 26.1 Å². The number of hydrogen-bond donors (Lipinski definition) is 1. The summed E-state index contributed by atoms with van der Waals surface area (Å²) in [7, 11) is 0. The van der Waals surface area contributed by atoms with E-state index in [1.54, 1.807) is 0 Å². The number of carbonyl (C=O) groups is 1. The molecule has 1 amide bonds. The van der Waals surface area contributed by atoms with Gasteiger partial charge in [0.2, 0.25) is 0 Å². The number of likely N-dealkylation sites (tertiary alicyclic amines) is 1. The number of carbonyl (C=O) groups excluding carboxylic acids is 1. The highest BCUT2D eigenvalue weighted by Crippen LogP contribution is 2.34. The minimum Gasteiger partial charge on any atom is -0.444 e. The van der Waals surface area contributed by atoms with E-state index in [0.29, 0.717) is 11.5 Å². The summed E-state index contributed by atoms with van der Waals surface area (Å²) in [6.07, 6.45) is 4.71. The Labute approximate surface area is 116 Å². The molecule has 1 unspecified atom stereocenters. The van der Waals surface area contributed by atoms with Crippen molar-refractivity contribution in [2.24, 2.45) is 5.92 Å². The molecule has 1 N–H and O–H groups in total. The first-order valence-electron chi connectivity index (χ1n) is 7.50. The Bertz CT molecular complexity index is 332. The van der Waals surface area contributed by atoms with Crippen molar-refractivity contribution >= 4 is 6.09 Å². The van der Waals surface area contributed by atoms with Crippen LogP contribution in [-0.4, -0.2) is 41.8 Å². The van der Waals surface area contributed by atoms with E-state index < -0.39 is 5.60 Å². The zero-order valence-electron chi connectivity index (χ0n) is 12.8. The third kappa shape index (κ3) is 4.68. The van der Waals surface area contributed by atoms with Gasteiger partial charge in [-0.25, -0.2) is 4.79 Å². The molecule has 1 aliphatic carbocycles. The standard InChI is InChI=1S/C15H28N2O2/c1-14(2,3)19-13(18)17-9-5-6-12(11-17)10-16-15(4)7-8-15/h12,16H,5-11H2,1-4H3. The number of ether oxygens (including phenoxy) is 1. The average Bonchev–Trinajstić information content (AvgIpc) is 3.04. The van der Waals surface area contributed by atoms with E-state index in [-0.39, 0.29) is 6.09 Å². The van der Waals surface area contributed by atoms with Crippen molar-refractivity contribution in [1.82, 2.24) is 10.2 Å². The molecule has 1 saturated carbocycles. The van der Waals surface area contributed by atoms with Crippen molar-refractivity contribution in [2.45, 2.75) is 64.5 Å². The quantitative estimate of drug-likeness (QED) is 0.855. The maximum atomic E-state index is 12.1. The van der Waals surface area contributed by atoms with Gasteiger partial charge in [-0.1, -0.05) is 0 Å². The van der Waals surface area contributed by atoms with Gasteiger partial charge >= 0.3 is 6.09 Å². The SMILES string of the molecule is CC1(NCC2CCCN(C(=O)OC(C)(C)C)C2)CC1. The first-order valence-corrected chi connectivity index (χ1v) is 7.50. The van der Waals surface area contributed by atoms with Crippen LogP contribution in [-0.2, 0) is 4.74 Å². The lowest BCUT2D eigenvalue weighted by atomic mass is 9.98. The molecule has 0 bridgehead atoms. The summed E-state index contributed by atoms with van der Waals surface area (Å²) >= 11 is 0. The van der Waals surface area contributed by atoms with Crippen LogP contribution < -0.4 is 5.32 Å². The third-order valence-corrected chi connectivity index (χ3v) is 3.99. The van der Waals surface area contributed by atoms with Crippen LogP contribution in [0.5, 0.6) is 0 Å². The van der Waals surface area contributed by atoms with E-state index in [2.05, 4.69) is 12.2 Å². The molecule has 0 aromatic carbocycles. The summed E-state index contributed by atoms with van der Waals surface area (Å²) in [4.78, 5) is 13.9. The van der Waals surface area contributed by atoms with Crippen LogP contribution >= 0.6 is 0 Å². The first kappa shape index (κ1) is 14.6. The summed E-state index contributed by atoms with van der Waals surface area (Å²) in [5.41, 5.74) is -0.0159. The van der Waals surface area contributed by atoms with Gasteiger partial charge in [0.05, 0.1) is 0 Å². The zero-order chi connectivity index (χ0) is 14.1. The molecule has 4 nitrogen and oxygen atoms in total. The fourth-order valence-electron chi connectivity index (χ4n) is 2.48. The van der Waals surface area contributed by atoms with Gasteiger partial charge < -0.3 is 15.0 Å². The second kappa shape index (κ2) is 5.31. The maximum Gasteiger partial charge on any atom is 0.410 e. The van der Waals surface area contributed by atoms with Crippen molar-refractivity contribution in [1.29, 1.82) is 0 Å². The Kier molecular flexibility index (Phi) is 4.09. The fourth-order valence-corrected chi connectivity index (χ4v) is 2.48. The Hall–Kier alpha value is -0.770. The molecule has 1 heterocycles. The summed E-state index contributed by atoms with van der Waals surface area (Å²) < 4.78 is 5.45. The number of nitrogens with zero attached hydrogens (tertiary/aromatic N) is 1. The summed E-state index contributed by atoms with van der Waals surface area (Å²) in [5, 5.41) is 3.63. The smallest absolute Gasteiger partial charge is 0.410 e. The molecule has 2 rings (SSSR count).